The van der Waals surface area contributed by atoms with Crippen molar-refractivity contribution >= 4 is 29.4 Å². The van der Waals surface area contributed by atoms with Gasteiger partial charge in [-0.15, -0.1) is 0 Å². The number of methoxy groups -OCH3 is 1. The van der Waals surface area contributed by atoms with Gasteiger partial charge in [0.15, 0.2) is 0 Å². The number of carbonyl (C=O) groups is 4. The van der Waals surface area contributed by atoms with E-state index in [0.29, 0.717) is 11.3 Å². The Morgan fingerprint density at radius 1 is 0.806 bits per heavy atom. The Hall–Kier alpha value is -3.74. The molecule has 0 N–H and O–H groups in total. The zero-order valence-corrected chi connectivity index (χ0v) is 16.7. The third-order valence-electron chi connectivity index (χ3n) is 6.32. The first-order valence-corrected chi connectivity index (χ1v) is 10.0. The van der Waals surface area contributed by atoms with Crippen LogP contribution in [0.3, 0.4) is 0 Å². The highest BCUT2D eigenvalue weighted by molar-refractivity contribution is 6.22. The Labute approximate surface area is 178 Å². The number of amides is 2. The molecular weight excluding hydrogens is 398 g/mol. The number of carbonyl (C=O) groups excluding carboxylic acids is 4. The Morgan fingerprint density at radius 2 is 1.32 bits per heavy atom. The normalized spacial score (nSPS) is 25.6. The van der Waals surface area contributed by atoms with Crippen LogP contribution >= 0.6 is 0 Å². The molecule has 1 heterocycles. The van der Waals surface area contributed by atoms with Gasteiger partial charge in [0, 0.05) is 0 Å². The van der Waals surface area contributed by atoms with Crippen LogP contribution in [0.25, 0.3) is 0 Å². The van der Waals surface area contributed by atoms with Crippen molar-refractivity contribution in [3.8, 4) is 5.75 Å². The van der Waals surface area contributed by atoms with E-state index in [4.69, 9.17) is 4.74 Å². The number of fused-ring (bicyclic) bond motifs is 5. The summed E-state index contributed by atoms with van der Waals surface area (Å²) in [6, 6.07) is 12.2. The smallest absolute Gasteiger partial charge is 0.343 e. The molecule has 4 atom stereocenters. The van der Waals surface area contributed by atoms with Gasteiger partial charge in [0.05, 0.1) is 35.8 Å². The van der Waals surface area contributed by atoms with Gasteiger partial charge in [0.2, 0.25) is 11.8 Å². The molecule has 2 fully saturated rings. The van der Waals surface area contributed by atoms with E-state index in [2.05, 4.69) is 16.9 Å². The van der Waals surface area contributed by atoms with Gasteiger partial charge in [0.1, 0.15) is 5.75 Å². The van der Waals surface area contributed by atoms with E-state index in [1.807, 2.05) is 0 Å². The van der Waals surface area contributed by atoms with Crippen molar-refractivity contribution in [1.82, 2.24) is 0 Å². The van der Waals surface area contributed by atoms with Crippen molar-refractivity contribution in [3.05, 3.63) is 71.8 Å². The average molecular weight is 417 g/mol. The summed E-state index contributed by atoms with van der Waals surface area (Å²) >= 11 is 0. The highest BCUT2D eigenvalue weighted by Crippen LogP contribution is 2.53. The van der Waals surface area contributed by atoms with Crippen molar-refractivity contribution < 1.29 is 28.7 Å². The standard InChI is InChI=1S/C24H19NO6/c1-30-23(28)13-6-10-18(11-7-13)31-24(29)14-4-8-17(9-5-14)25-21(26)19-15-2-3-16(12-15)20(19)22(25)27/h2-11,15-16,19-20H,12H2,1H3/t15-,16-,19+,20+/m0/s1. The number of ether oxygens (including phenoxy) is 2. The molecule has 0 radical (unpaired) electrons. The molecule has 2 aromatic rings. The molecule has 7 nitrogen and oxygen atoms in total. The molecule has 2 bridgehead atoms. The minimum Gasteiger partial charge on any atom is -0.465 e. The SMILES string of the molecule is COC(=O)c1ccc(OC(=O)c2ccc(N3C(=O)[C@H]4[C@H](C3=O)[C@H]3C=C[C@H]4C3)cc2)cc1. The van der Waals surface area contributed by atoms with Gasteiger partial charge < -0.3 is 9.47 Å². The summed E-state index contributed by atoms with van der Waals surface area (Å²) in [5.41, 5.74) is 1.09. The van der Waals surface area contributed by atoms with Gasteiger partial charge in [-0.1, -0.05) is 12.2 Å². The molecular formula is C24H19NO6. The molecule has 156 valence electrons. The summed E-state index contributed by atoms with van der Waals surface area (Å²) in [5.74, 6) is -1.33. The summed E-state index contributed by atoms with van der Waals surface area (Å²) in [5, 5.41) is 0. The highest BCUT2D eigenvalue weighted by Gasteiger charge is 2.59. The van der Waals surface area contributed by atoms with E-state index < -0.39 is 11.9 Å². The van der Waals surface area contributed by atoms with Crippen LogP contribution in [0, 0.1) is 23.7 Å². The van der Waals surface area contributed by atoms with Gasteiger partial charge in [-0.3, -0.25) is 14.5 Å². The van der Waals surface area contributed by atoms with E-state index in [9.17, 15) is 19.2 Å². The average Bonchev–Trinajstić information content (AvgIpc) is 3.47. The molecule has 2 aliphatic carbocycles. The zero-order valence-electron chi connectivity index (χ0n) is 16.7. The summed E-state index contributed by atoms with van der Waals surface area (Å²) in [6.45, 7) is 0. The monoisotopic (exact) mass is 417 g/mol. The molecule has 5 rings (SSSR count). The lowest BCUT2D eigenvalue weighted by atomic mass is 9.85. The molecule has 0 unspecified atom stereocenters. The lowest BCUT2D eigenvalue weighted by Crippen LogP contribution is -2.32. The van der Waals surface area contributed by atoms with E-state index in [-0.39, 0.29) is 46.8 Å². The second-order valence-electron chi connectivity index (χ2n) is 7.96. The lowest BCUT2D eigenvalue weighted by molar-refractivity contribution is -0.123. The van der Waals surface area contributed by atoms with Crippen molar-refractivity contribution in [1.29, 1.82) is 0 Å². The van der Waals surface area contributed by atoms with Crippen LogP contribution in [0.4, 0.5) is 5.69 Å². The summed E-state index contributed by atoms with van der Waals surface area (Å²) < 4.78 is 9.96. The van der Waals surface area contributed by atoms with Gasteiger partial charge in [0.25, 0.3) is 0 Å². The fraction of sp³-hybridized carbons (Fsp3) is 0.250. The second kappa shape index (κ2) is 7.19. The fourth-order valence-electron chi connectivity index (χ4n) is 4.85. The number of imide groups is 1. The molecule has 3 aliphatic rings. The Kier molecular flexibility index (Phi) is 4.46. The first kappa shape index (κ1) is 19.2. The molecule has 1 aliphatic heterocycles. The van der Waals surface area contributed by atoms with Gasteiger partial charge >= 0.3 is 11.9 Å². The fourth-order valence-corrected chi connectivity index (χ4v) is 4.85. The number of anilines is 1. The van der Waals surface area contributed by atoms with E-state index in [1.54, 1.807) is 12.1 Å². The predicted molar refractivity (Wildman–Crippen MR) is 109 cm³/mol. The minimum absolute atomic E-state index is 0.149. The largest absolute Gasteiger partial charge is 0.465 e. The Bertz CT molecular complexity index is 1090. The van der Waals surface area contributed by atoms with Crippen LogP contribution in [0.2, 0.25) is 0 Å². The minimum atomic E-state index is -0.587. The van der Waals surface area contributed by atoms with E-state index >= 15 is 0 Å². The van der Waals surface area contributed by atoms with Crippen LogP contribution in [-0.4, -0.2) is 30.9 Å². The molecule has 1 saturated carbocycles. The number of rotatable bonds is 4. The second-order valence-corrected chi connectivity index (χ2v) is 7.96. The predicted octanol–water partition coefficient (Wildman–Crippen LogP) is 3.00. The number of hydrogen-bond acceptors (Lipinski definition) is 6. The molecule has 0 spiro atoms. The first-order chi connectivity index (χ1) is 15.0. The number of benzene rings is 2. The van der Waals surface area contributed by atoms with Crippen LogP contribution in [0.15, 0.2) is 60.7 Å². The zero-order chi connectivity index (χ0) is 21.7. The number of nitrogens with zero attached hydrogens (tertiary/aromatic N) is 1. The summed E-state index contributed by atoms with van der Waals surface area (Å²) in [7, 11) is 1.29. The quantitative estimate of drug-likeness (QED) is 0.329. The van der Waals surface area contributed by atoms with Gasteiger partial charge in [-0.05, 0) is 66.8 Å². The topological polar surface area (TPSA) is 90.0 Å². The Balaban J connectivity index is 1.29. The van der Waals surface area contributed by atoms with Gasteiger partial charge in [-0.25, -0.2) is 9.59 Å². The Morgan fingerprint density at radius 3 is 1.87 bits per heavy atom. The molecule has 2 amide bonds. The maximum atomic E-state index is 12.9. The first-order valence-electron chi connectivity index (χ1n) is 10.0. The maximum absolute atomic E-state index is 12.9. The lowest BCUT2D eigenvalue weighted by Gasteiger charge is -2.17. The summed E-state index contributed by atoms with van der Waals surface area (Å²) in [4.78, 5) is 50.9. The summed E-state index contributed by atoms with van der Waals surface area (Å²) in [6.07, 6.45) is 4.99. The number of esters is 2. The highest BCUT2D eigenvalue weighted by atomic mass is 16.5. The van der Waals surface area contributed by atoms with Crippen LogP contribution in [0.1, 0.15) is 27.1 Å². The van der Waals surface area contributed by atoms with Crippen molar-refractivity contribution in [2.45, 2.75) is 6.42 Å². The van der Waals surface area contributed by atoms with Crippen molar-refractivity contribution in [3.63, 3.8) is 0 Å². The van der Waals surface area contributed by atoms with Crippen LogP contribution in [-0.2, 0) is 14.3 Å². The van der Waals surface area contributed by atoms with Crippen molar-refractivity contribution in [2.75, 3.05) is 12.0 Å². The van der Waals surface area contributed by atoms with Crippen molar-refractivity contribution in [2.24, 2.45) is 23.7 Å². The number of hydrogen-bond donors (Lipinski definition) is 0. The van der Waals surface area contributed by atoms with Crippen LogP contribution < -0.4 is 9.64 Å². The van der Waals surface area contributed by atoms with Gasteiger partial charge in [-0.2, -0.15) is 0 Å². The van der Waals surface area contributed by atoms with E-state index in [1.165, 1.54) is 48.4 Å². The molecule has 0 aromatic heterocycles. The van der Waals surface area contributed by atoms with Crippen LogP contribution in [0.5, 0.6) is 5.75 Å². The third-order valence-corrected chi connectivity index (χ3v) is 6.32. The molecule has 1 saturated heterocycles. The molecule has 31 heavy (non-hydrogen) atoms. The molecule has 7 heteroatoms. The number of allylic oxidation sites excluding steroid dienone is 2. The van der Waals surface area contributed by atoms with E-state index in [0.717, 1.165) is 6.42 Å². The molecule has 2 aromatic carbocycles. The third kappa shape index (κ3) is 3.04. The maximum Gasteiger partial charge on any atom is 0.343 e.